The molecule has 6 nitrogen and oxygen atoms in total. The zero-order valence-corrected chi connectivity index (χ0v) is 15.3. The molecule has 0 radical (unpaired) electrons. The van der Waals surface area contributed by atoms with E-state index in [2.05, 4.69) is 4.74 Å². The summed E-state index contributed by atoms with van der Waals surface area (Å²) in [6, 6.07) is 5.57. The third-order valence-electron chi connectivity index (χ3n) is 2.85. The standard InChI is InChI=1S/C15H22O6S2/c1-11-9-13(5-6-14(11)22-10-15(16)19-3)20-8-7-12(2)21-23(4,17)18/h5-6,9,12H,7-8,10H2,1-4H3/t12-/m1/s1. The maximum absolute atomic E-state index is 11.1. The first-order valence-corrected chi connectivity index (χ1v) is 9.83. The Labute approximate surface area is 141 Å². The molecule has 8 heteroatoms. The van der Waals surface area contributed by atoms with Gasteiger partial charge < -0.3 is 9.47 Å². The van der Waals surface area contributed by atoms with Gasteiger partial charge in [-0.1, -0.05) is 0 Å². The van der Waals surface area contributed by atoms with Gasteiger partial charge in [-0.2, -0.15) is 8.42 Å². The second kappa shape index (κ2) is 9.14. The molecule has 1 aromatic rings. The van der Waals surface area contributed by atoms with E-state index in [1.54, 1.807) is 6.92 Å². The third kappa shape index (κ3) is 8.24. The van der Waals surface area contributed by atoms with Gasteiger partial charge in [0.1, 0.15) is 5.75 Å². The van der Waals surface area contributed by atoms with Crippen LogP contribution in [0.2, 0.25) is 0 Å². The topological polar surface area (TPSA) is 78.9 Å². The lowest BCUT2D eigenvalue weighted by molar-refractivity contribution is -0.137. The Kier molecular flexibility index (Phi) is 7.87. The molecular formula is C15H22O6S2. The summed E-state index contributed by atoms with van der Waals surface area (Å²) in [5.74, 6) is 0.684. The lowest BCUT2D eigenvalue weighted by atomic mass is 10.2. The number of benzene rings is 1. The van der Waals surface area contributed by atoms with Crippen LogP contribution in [-0.2, 0) is 23.8 Å². The molecule has 23 heavy (non-hydrogen) atoms. The molecule has 130 valence electrons. The number of carbonyl (C=O) groups excluding carboxylic acids is 1. The number of aryl methyl sites for hydroxylation is 1. The van der Waals surface area contributed by atoms with Gasteiger partial charge in [-0.05, 0) is 37.6 Å². The van der Waals surface area contributed by atoms with Crippen LogP contribution in [-0.4, -0.2) is 46.2 Å². The molecule has 0 aliphatic rings. The van der Waals surface area contributed by atoms with E-state index in [-0.39, 0.29) is 11.7 Å². The molecule has 0 aliphatic heterocycles. The quantitative estimate of drug-likeness (QED) is 0.379. The van der Waals surface area contributed by atoms with E-state index >= 15 is 0 Å². The van der Waals surface area contributed by atoms with Crippen molar-refractivity contribution in [2.45, 2.75) is 31.3 Å². The first-order chi connectivity index (χ1) is 10.7. The third-order valence-corrected chi connectivity index (χ3v) is 4.68. The van der Waals surface area contributed by atoms with Crippen LogP contribution in [0.5, 0.6) is 5.75 Å². The van der Waals surface area contributed by atoms with Crippen LogP contribution in [0.3, 0.4) is 0 Å². The van der Waals surface area contributed by atoms with E-state index < -0.39 is 16.2 Å². The molecule has 0 aliphatic carbocycles. The predicted octanol–water partition coefficient (Wildman–Crippen LogP) is 2.39. The summed E-state index contributed by atoms with van der Waals surface area (Å²) < 4.78 is 37.0. The van der Waals surface area contributed by atoms with E-state index in [4.69, 9.17) is 8.92 Å². The van der Waals surface area contributed by atoms with E-state index in [1.165, 1.54) is 18.9 Å². The maximum Gasteiger partial charge on any atom is 0.315 e. The van der Waals surface area contributed by atoms with Crippen LogP contribution in [0.25, 0.3) is 0 Å². The molecule has 1 aromatic carbocycles. The molecule has 0 spiro atoms. The predicted molar refractivity (Wildman–Crippen MR) is 89.4 cm³/mol. The summed E-state index contributed by atoms with van der Waals surface area (Å²) in [5.41, 5.74) is 0.997. The molecule has 0 fully saturated rings. The smallest absolute Gasteiger partial charge is 0.315 e. The van der Waals surface area contributed by atoms with Gasteiger partial charge in [-0.25, -0.2) is 0 Å². The van der Waals surface area contributed by atoms with E-state index in [1.807, 2.05) is 25.1 Å². The zero-order valence-electron chi connectivity index (χ0n) is 13.7. The molecule has 0 unspecified atom stereocenters. The number of carbonyl (C=O) groups is 1. The average molecular weight is 362 g/mol. The van der Waals surface area contributed by atoms with Crippen molar-refractivity contribution in [2.75, 3.05) is 25.7 Å². The van der Waals surface area contributed by atoms with Gasteiger partial charge in [-0.15, -0.1) is 11.8 Å². The fourth-order valence-corrected chi connectivity index (χ4v) is 3.29. The average Bonchev–Trinajstić information content (AvgIpc) is 2.44. The van der Waals surface area contributed by atoms with Gasteiger partial charge in [0.15, 0.2) is 0 Å². The number of esters is 1. The van der Waals surface area contributed by atoms with Crippen molar-refractivity contribution in [3.63, 3.8) is 0 Å². The highest BCUT2D eigenvalue weighted by molar-refractivity contribution is 8.00. The molecule has 0 bridgehead atoms. The van der Waals surface area contributed by atoms with E-state index in [0.29, 0.717) is 18.8 Å². The van der Waals surface area contributed by atoms with Crippen molar-refractivity contribution >= 4 is 27.8 Å². The van der Waals surface area contributed by atoms with Gasteiger partial charge >= 0.3 is 5.97 Å². The van der Waals surface area contributed by atoms with Crippen molar-refractivity contribution < 1.29 is 26.9 Å². The molecule has 0 saturated carbocycles. The van der Waals surface area contributed by atoms with E-state index in [9.17, 15) is 13.2 Å². The van der Waals surface area contributed by atoms with Gasteiger partial charge in [-0.3, -0.25) is 8.98 Å². The summed E-state index contributed by atoms with van der Waals surface area (Å²) >= 11 is 1.41. The fraction of sp³-hybridized carbons (Fsp3) is 0.533. The minimum atomic E-state index is -3.44. The minimum Gasteiger partial charge on any atom is -0.493 e. The van der Waals surface area contributed by atoms with Gasteiger partial charge in [0, 0.05) is 11.3 Å². The Morgan fingerprint density at radius 3 is 2.61 bits per heavy atom. The monoisotopic (exact) mass is 362 g/mol. The van der Waals surface area contributed by atoms with Crippen LogP contribution < -0.4 is 4.74 Å². The number of thioether (sulfide) groups is 1. The SMILES string of the molecule is COC(=O)CSc1ccc(OCC[C@@H](C)OS(C)(=O)=O)cc1C. The fourth-order valence-electron chi connectivity index (χ4n) is 1.76. The second-order valence-electron chi connectivity index (χ2n) is 5.04. The van der Waals surface area contributed by atoms with Crippen LogP contribution in [0, 0.1) is 6.92 Å². The summed E-state index contributed by atoms with van der Waals surface area (Å²) in [6.45, 7) is 3.97. The number of hydrogen-bond donors (Lipinski definition) is 0. The Hall–Kier alpha value is -1.25. The normalized spacial score (nSPS) is 12.7. The molecule has 1 rings (SSSR count). The van der Waals surface area contributed by atoms with Crippen LogP contribution in [0.1, 0.15) is 18.9 Å². The molecule has 0 saturated heterocycles. The van der Waals surface area contributed by atoms with Crippen molar-refractivity contribution in [1.29, 1.82) is 0 Å². The van der Waals surface area contributed by atoms with E-state index in [0.717, 1.165) is 16.7 Å². The summed E-state index contributed by atoms with van der Waals surface area (Å²) in [6.07, 6.45) is 1.06. The van der Waals surface area contributed by atoms with Gasteiger partial charge in [0.2, 0.25) is 0 Å². The first kappa shape index (κ1) is 19.8. The Bertz CT molecular complexity index is 627. The number of methoxy groups -OCH3 is 1. The summed E-state index contributed by atoms with van der Waals surface area (Å²) in [7, 11) is -2.08. The van der Waals surface area contributed by atoms with Gasteiger partial charge in [0.25, 0.3) is 10.1 Å². The van der Waals surface area contributed by atoms with Crippen LogP contribution >= 0.6 is 11.8 Å². The maximum atomic E-state index is 11.1. The Balaban J connectivity index is 2.47. The van der Waals surface area contributed by atoms with Crippen LogP contribution in [0.15, 0.2) is 23.1 Å². The minimum absolute atomic E-state index is 0.262. The second-order valence-corrected chi connectivity index (χ2v) is 7.66. The largest absolute Gasteiger partial charge is 0.493 e. The van der Waals surface area contributed by atoms with Crippen molar-refractivity contribution in [3.05, 3.63) is 23.8 Å². The Morgan fingerprint density at radius 2 is 2.04 bits per heavy atom. The molecule has 0 N–H and O–H groups in total. The lowest BCUT2D eigenvalue weighted by Crippen LogP contribution is -2.16. The molecule has 0 aromatic heterocycles. The summed E-state index contributed by atoms with van der Waals surface area (Å²) in [4.78, 5) is 12.1. The highest BCUT2D eigenvalue weighted by atomic mass is 32.2. The Morgan fingerprint density at radius 1 is 1.35 bits per heavy atom. The highest BCUT2D eigenvalue weighted by Crippen LogP contribution is 2.26. The van der Waals surface area contributed by atoms with Crippen molar-refractivity contribution in [2.24, 2.45) is 0 Å². The van der Waals surface area contributed by atoms with Crippen molar-refractivity contribution in [1.82, 2.24) is 0 Å². The summed E-state index contributed by atoms with van der Waals surface area (Å²) in [5, 5.41) is 0. The molecule has 1 atom stereocenters. The first-order valence-electron chi connectivity index (χ1n) is 7.02. The number of ether oxygens (including phenoxy) is 2. The molecule has 0 amide bonds. The van der Waals surface area contributed by atoms with Crippen LogP contribution in [0.4, 0.5) is 0 Å². The number of hydrogen-bond acceptors (Lipinski definition) is 7. The molecule has 0 heterocycles. The zero-order chi connectivity index (χ0) is 17.5. The van der Waals surface area contributed by atoms with Gasteiger partial charge in [0.05, 0.1) is 31.8 Å². The lowest BCUT2D eigenvalue weighted by Gasteiger charge is -2.13. The van der Waals surface area contributed by atoms with Crippen molar-refractivity contribution in [3.8, 4) is 5.75 Å². The molecular weight excluding hydrogens is 340 g/mol. The number of rotatable bonds is 9. The highest BCUT2D eigenvalue weighted by Gasteiger charge is 2.11.